The van der Waals surface area contributed by atoms with Gasteiger partial charge in [0.1, 0.15) is 0 Å². The highest BCUT2D eigenvalue weighted by Crippen LogP contribution is 2.12. The molecule has 10 nitrogen and oxygen atoms in total. The SMILES string of the molecule is O=C(CCc1ccc2c(=O)c3n[nH]nc3c(=O)[nH]c2c1)NNc1ccncc1. The average Bonchev–Trinajstić information content (AvgIpc) is 3.18. The summed E-state index contributed by atoms with van der Waals surface area (Å²) in [7, 11) is 0. The Morgan fingerprint density at radius 1 is 1.04 bits per heavy atom. The van der Waals surface area contributed by atoms with Gasteiger partial charge in [0.15, 0.2) is 11.0 Å². The van der Waals surface area contributed by atoms with E-state index in [-0.39, 0.29) is 28.8 Å². The Bertz CT molecular complexity index is 1280. The molecule has 1 aromatic carbocycles. The van der Waals surface area contributed by atoms with E-state index in [0.717, 1.165) is 11.3 Å². The van der Waals surface area contributed by atoms with Crippen LogP contribution < -0.4 is 21.8 Å². The molecule has 0 saturated carbocycles. The highest BCUT2D eigenvalue weighted by Gasteiger charge is 2.10. The molecule has 4 aromatic rings. The van der Waals surface area contributed by atoms with Crippen LogP contribution in [-0.2, 0) is 11.2 Å². The van der Waals surface area contributed by atoms with Crippen molar-refractivity contribution in [1.29, 1.82) is 0 Å². The van der Waals surface area contributed by atoms with Crippen molar-refractivity contribution in [2.75, 3.05) is 5.43 Å². The van der Waals surface area contributed by atoms with Crippen molar-refractivity contribution >= 4 is 33.5 Å². The van der Waals surface area contributed by atoms with Gasteiger partial charge in [-0.2, -0.15) is 15.4 Å². The number of carbonyl (C=O) groups excluding carboxylic acids is 1. The summed E-state index contributed by atoms with van der Waals surface area (Å²) in [6.45, 7) is 0. The molecule has 0 spiro atoms. The maximum Gasteiger partial charge on any atom is 0.278 e. The van der Waals surface area contributed by atoms with Gasteiger partial charge in [-0.05, 0) is 36.2 Å². The van der Waals surface area contributed by atoms with Crippen LogP contribution in [0.2, 0.25) is 0 Å². The van der Waals surface area contributed by atoms with Crippen LogP contribution in [0, 0.1) is 0 Å². The summed E-state index contributed by atoms with van der Waals surface area (Å²) in [6.07, 6.45) is 3.88. The number of benzene rings is 1. The zero-order valence-corrected chi connectivity index (χ0v) is 14.5. The maximum absolute atomic E-state index is 12.5. The fraction of sp³-hybridized carbons (Fsp3) is 0.111. The first-order chi connectivity index (χ1) is 13.6. The number of hydrogen-bond donors (Lipinski definition) is 4. The molecule has 0 atom stereocenters. The van der Waals surface area contributed by atoms with Crippen molar-refractivity contribution in [3.05, 3.63) is 68.9 Å². The van der Waals surface area contributed by atoms with Crippen LogP contribution in [0.15, 0.2) is 52.3 Å². The number of nitrogens with one attached hydrogen (secondary N) is 4. The molecule has 1 amide bonds. The lowest BCUT2D eigenvalue weighted by atomic mass is 10.1. The van der Waals surface area contributed by atoms with Crippen LogP contribution in [0.1, 0.15) is 12.0 Å². The number of H-pyrrole nitrogens is 2. The van der Waals surface area contributed by atoms with Gasteiger partial charge < -0.3 is 4.98 Å². The number of amides is 1. The lowest BCUT2D eigenvalue weighted by Gasteiger charge is -2.08. The smallest absolute Gasteiger partial charge is 0.278 e. The van der Waals surface area contributed by atoms with E-state index in [0.29, 0.717) is 17.3 Å². The van der Waals surface area contributed by atoms with Crippen LogP contribution in [0.4, 0.5) is 5.69 Å². The normalized spacial score (nSPS) is 10.9. The molecule has 10 heteroatoms. The van der Waals surface area contributed by atoms with E-state index in [1.165, 1.54) is 0 Å². The van der Waals surface area contributed by atoms with Gasteiger partial charge in [0.2, 0.25) is 11.3 Å². The molecule has 3 aromatic heterocycles. The Morgan fingerprint density at radius 2 is 1.82 bits per heavy atom. The number of nitrogens with zero attached hydrogens (tertiary/aromatic N) is 3. The van der Waals surface area contributed by atoms with Gasteiger partial charge in [-0.3, -0.25) is 30.2 Å². The predicted octanol–water partition coefficient (Wildman–Crippen LogP) is 0.630. The van der Waals surface area contributed by atoms with E-state index < -0.39 is 5.56 Å². The van der Waals surface area contributed by atoms with Crippen LogP contribution in [0.25, 0.3) is 21.9 Å². The number of aryl methyl sites for hydroxylation is 1. The number of anilines is 1. The summed E-state index contributed by atoms with van der Waals surface area (Å²) >= 11 is 0. The van der Waals surface area contributed by atoms with Gasteiger partial charge in [0.05, 0.1) is 11.2 Å². The summed E-state index contributed by atoms with van der Waals surface area (Å²) in [5, 5.41) is 10.1. The molecular weight excluding hydrogens is 362 g/mol. The Labute approximate surface area is 157 Å². The van der Waals surface area contributed by atoms with Crippen molar-refractivity contribution in [1.82, 2.24) is 30.8 Å². The van der Waals surface area contributed by atoms with Crippen LogP contribution in [0.3, 0.4) is 0 Å². The monoisotopic (exact) mass is 377 g/mol. The second kappa shape index (κ2) is 7.27. The second-order valence-corrected chi connectivity index (χ2v) is 6.09. The molecule has 0 aliphatic rings. The van der Waals surface area contributed by atoms with E-state index in [9.17, 15) is 14.4 Å². The minimum atomic E-state index is -0.507. The summed E-state index contributed by atoms with van der Waals surface area (Å²) < 4.78 is 0. The van der Waals surface area contributed by atoms with Crippen LogP contribution in [-0.4, -0.2) is 31.3 Å². The molecule has 140 valence electrons. The first-order valence-electron chi connectivity index (χ1n) is 8.46. The fourth-order valence-corrected chi connectivity index (χ4v) is 2.80. The number of aromatic amines is 2. The first-order valence-corrected chi connectivity index (χ1v) is 8.46. The van der Waals surface area contributed by atoms with Gasteiger partial charge in [0, 0.05) is 24.2 Å². The summed E-state index contributed by atoms with van der Waals surface area (Å²) in [5.74, 6) is -0.198. The third-order valence-electron chi connectivity index (χ3n) is 4.22. The third kappa shape index (κ3) is 3.43. The Balaban J connectivity index is 1.52. The summed E-state index contributed by atoms with van der Waals surface area (Å²) in [4.78, 5) is 43.3. The fourth-order valence-electron chi connectivity index (χ4n) is 2.80. The van der Waals surface area contributed by atoms with Crippen molar-refractivity contribution in [2.24, 2.45) is 0 Å². The topological polar surface area (TPSA) is 146 Å². The predicted molar refractivity (Wildman–Crippen MR) is 103 cm³/mol. The molecule has 0 saturated heterocycles. The number of pyridine rings is 1. The van der Waals surface area contributed by atoms with Gasteiger partial charge in [0.25, 0.3) is 5.56 Å². The molecule has 28 heavy (non-hydrogen) atoms. The molecule has 0 fully saturated rings. The number of hydrazine groups is 1. The highest BCUT2D eigenvalue weighted by molar-refractivity contribution is 5.87. The van der Waals surface area contributed by atoms with Gasteiger partial charge in [-0.25, -0.2) is 0 Å². The number of fused-ring (bicyclic) bond motifs is 2. The van der Waals surface area contributed by atoms with E-state index in [2.05, 4.69) is 36.2 Å². The zero-order chi connectivity index (χ0) is 19.5. The average molecular weight is 377 g/mol. The minimum absolute atomic E-state index is 0.00874. The second-order valence-electron chi connectivity index (χ2n) is 6.09. The van der Waals surface area contributed by atoms with E-state index in [1.807, 2.05) is 0 Å². The quantitative estimate of drug-likeness (QED) is 0.373. The molecule has 0 radical (unpaired) electrons. The molecule has 4 N–H and O–H groups in total. The van der Waals surface area contributed by atoms with Crippen LogP contribution >= 0.6 is 0 Å². The van der Waals surface area contributed by atoms with Crippen LogP contribution in [0.5, 0.6) is 0 Å². The van der Waals surface area contributed by atoms with Gasteiger partial charge in [-0.1, -0.05) is 6.07 Å². The third-order valence-corrected chi connectivity index (χ3v) is 4.22. The Kier molecular flexibility index (Phi) is 4.50. The Morgan fingerprint density at radius 3 is 2.64 bits per heavy atom. The summed E-state index contributed by atoms with van der Waals surface area (Å²) in [5.41, 5.74) is 6.37. The highest BCUT2D eigenvalue weighted by atomic mass is 16.2. The molecule has 0 bridgehead atoms. The lowest BCUT2D eigenvalue weighted by molar-refractivity contribution is -0.120. The van der Waals surface area contributed by atoms with Crippen molar-refractivity contribution in [3.63, 3.8) is 0 Å². The van der Waals surface area contributed by atoms with Crippen molar-refractivity contribution < 1.29 is 4.79 Å². The number of rotatable bonds is 5. The van der Waals surface area contributed by atoms with Gasteiger partial charge in [-0.15, -0.1) is 0 Å². The molecule has 4 rings (SSSR count). The molecule has 0 unspecified atom stereocenters. The number of carbonyl (C=O) groups is 1. The summed E-state index contributed by atoms with van der Waals surface area (Å²) in [6, 6.07) is 8.50. The zero-order valence-electron chi connectivity index (χ0n) is 14.5. The van der Waals surface area contributed by atoms with E-state index in [4.69, 9.17) is 0 Å². The number of hydrogen-bond acceptors (Lipinski definition) is 7. The van der Waals surface area contributed by atoms with E-state index >= 15 is 0 Å². The lowest BCUT2D eigenvalue weighted by Crippen LogP contribution is -2.29. The number of aromatic nitrogens is 5. The minimum Gasteiger partial charge on any atom is -0.320 e. The van der Waals surface area contributed by atoms with Crippen molar-refractivity contribution in [2.45, 2.75) is 12.8 Å². The standard InChI is InChI=1S/C18H15N7O3/c26-14(22-21-11-5-7-19-8-6-11)4-2-10-1-3-12-13(9-10)20-18(28)16-15(17(12)27)23-25-24-16/h1,3,5-9H,2,4H2,(H,19,21)(H,20,28)(H,22,26)(H,23,24,25). The molecular formula is C18H15N7O3. The Hall–Kier alpha value is -4.08. The van der Waals surface area contributed by atoms with Crippen molar-refractivity contribution in [3.8, 4) is 0 Å². The molecule has 0 aliphatic carbocycles. The maximum atomic E-state index is 12.5. The largest absolute Gasteiger partial charge is 0.320 e. The molecule has 0 aliphatic heterocycles. The first kappa shape index (κ1) is 17.3. The van der Waals surface area contributed by atoms with Gasteiger partial charge >= 0.3 is 0 Å². The van der Waals surface area contributed by atoms with E-state index in [1.54, 1.807) is 42.7 Å². The molecule has 3 heterocycles.